The van der Waals surface area contributed by atoms with Crippen molar-refractivity contribution in [3.63, 3.8) is 0 Å². The molecule has 0 aliphatic carbocycles. The molecule has 1 fully saturated rings. The van der Waals surface area contributed by atoms with Crippen molar-refractivity contribution in [2.24, 2.45) is 5.92 Å². The molecule has 0 radical (unpaired) electrons. The van der Waals surface area contributed by atoms with E-state index in [1.165, 1.54) is 12.6 Å². The molecule has 0 amide bonds. The topological polar surface area (TPSA) is 68.1 Å². The Morgan fingerprint density at radius 3 is 2.64 bits per heavy atom. The second-order valence-corrected chi connectivity index (χ2v) is 8.27. The molecule has 2 aromatic heterocycles. The first kappa shape index (κ1) is 15.7. The van der Waals surface area contributed by atoms with Crippen LogP contribution in [-0.2, 0) is 16.6 Å². The van der Waals surface area contributed by atoms with Crippen LogP contribution in [0.5, 0.6) is 0 Å². The average molecular weight is 343 g/mol. The lowest BCUT2D eigenvalue weighted by Crippen LogP contribution is -2.38. The molecule has 0 saturated carbocycles. The maximum Gasteiger partial charge on any atom is 0.211 e. The molecule has 1 aliphatic rings. The third-order valence-corrected chi connectivity index (χ3v) is 5.88. The van der Waals surface area contributed by atoms with Crippen molar-refractivity contribution in [1.29, 1.82) is 0 Å². The summed E-state index contributed by atoms with van der Waals surface area (Å²) in [6.45, 7) is 4.02. The minimum absolute atomic E-state index is 0.446. The number of aryl methyl sites for hydroxylation is 1. The van der Waals surface area contributed by atoms with Gasteiger partial charge in [-0.3, -0.25) is 0 Å². The predicted octanol–water partition coefficient (Wildman–Crippen LogP) is 2.06. The Bertz CT molecular complexity index is 795. The van der Waals surface area contributed by atoms with Crippen LogP contribution in [0.25, 0.3) is 11.0 Å². The van der Waals surface area contributed by atoms with Crippen molar-refractivity contribution in [3.05, 3.63) is 23.2 Å². The van der Waals surface area contributed by atoms with Crippen LogP contribution in [0.1, 0.15) is 18.4 Å². The predicted molar refractivity (Wildman–Crippen MR) is 86.4 cm³/mol. The number of rotatable bonds is 3. The smallest absolute Gasteiger partial charge is 0.211 e. The van der Waals surface area contributed by atoms with E-state index in [0.29, 0.717) is 24.2 Å². The first-order valence-electron chi connectivity index (χ1n) is 7.27. The summed E-state index contributed by atoms with van der Waals surface area (Å²) in [6.07, 6.45) is 6.53. The van der Waals surface area contributed by atoms with Crippen molar-refractivity contribution in [2.75, 3.05) is 19.3 Å². The molecule has 6 nitrogen and oxygen atoms in total. The van der Waals surface area contributed by atoms with Gasteiger partial charge in [-0.15, -0.1) is 0 Å². The van der Waals surface area contributed by atoms with Gasteiger partial charge in [0.05, 0.1) is 11.6 Å². The summed E-state index contributed by atoms with van der Waals surface area (Å²) in [5.41, 5.74) is 1.91. The fourth-order valence-electron chi connectivity index (χ4n) is 3.11. The van der Waals surface area contributed by atoms with E-state index in [4.69, 9.17) is 11.6 Å². The summed E-state index contributed by atoms with van der Waals surface area (Å²) in [6, 6.07) is 0. The monoisotopic (exact) mass is 342 g/mol. The Hall–Kier alpha value is -1.18. The van der Waals surface area contributed by atoms with E-state index in [1.807, 2.05) is 13.1 Å². The first-order chi connectivity index (χ1) is 10.4. The maximum atomic E-state index is 11.6. The Kier molecular flexibility index (Phi) is 4.13. The molecule has 0 bridgehead atoms. The van der Waals surface area contributed by atoms with Crippen molar-refractivity contribution in [3.8, 4) is 0 Å². The molecular weight excluding hydrogens is 324 g/mol. The van der Waals surface area contributed by atoms with Crippen LogP contribution < -0.4 is 0 Å². The van der Waals surface area contributed by atoms with Crippen LogP contribution in [-0.4, -0.2) is 46.6 Å². The molecule has 1 aliphatic heterocycles. The van der Waals surface area contributed by atoms with E-state index >= 15 is 0 Å². The number of hydrogen-bond donors (Lipinski definition) is 0. The quantitative estimate of drug-likeness (QED) is 0.801. The van der Waals surface area contributed by atoms with Crippen LogP contribution >= 0.6 is 11.6 Å². The minimum Gasteiger partial charge on any atom is -0.332 e. The Balaban J connectivity index is 1.77. The molecule has 0 atom stereocenters. The van der Waals surface area contributed by atoms with Gasteiger partial charge in [-0.25, -0.2) is 22.7 Å². The van der Waals surface area contributed by atoms with Gasteiger partial charge in [0, 0.05) is 25.8 Å². The number of fused-ring (bicyclic) bond motifs is 1. The first-order valence-corrected chi connectivity index (χ1v) is 9.50. The maximum absolute atomic E-state index is 11.6. The summed E-state index contributed by atoms with van der Waals surface area (Å²) >= 11 is 6.15. The van der Waals surface area contributed by atoms with Gasteiger partial charge in [-0.1, -0.05) is 11.6 Å². The van der Waals surface area contributed by atoms with Crippen LogP contribution in [0.2, 0.25) is 5.15 Å². The van der Waals surface area contributed by atoms with Gasteiger partial charge < -0.3 is 4.57 Å². The fraction of sp³-hybridized carbons (Fsp3) is 0.571. The van der Waals surface area contributed by atoms with E-state index in [-0.39, 0.29) is 0 Å². The molecule has 0 aromatic carbocycles. The molecule has 22 heavy (non-hydrogen) atoms. The van der Waals surface area contributed by atoms with Gasteiger partial charge in [0.25, 0.3) is 0 Å². The molecule has 2 aromatic rings. The van der Waals surface area contributed by atoms with Gasteiger partial charge in [0.1, 0.15) is 17.1 Å². The summed E-state index contributed by atoms with van der Waals surface area (Å²) in [5.74, 6) is 0.446. The molecule has 0 spiro atoms. The number of nitrogens with zero attached hydrogens (tertiary/aromatic N) is 4. The molecule has 0 unspecified atom stereocenters. The van der Waals surface area contributed by atoms with E-state index in [1.54, 1.807) is 4.31 Å². The van der Waals surface area contributed by atoms with E-state index in [0.717, 1.165) is 36.0 Å². The van der Waals surface area contributed by atoms with Gasteiger partial charge in [0.2, 0.25) is 10.0 Å². The molecule has 120 valence electrons. The van der Waals surface area contributed by atoms with Crippen LogP contribution in [0.15, 0.2) is 12.5 Å². The molecule has 3 rings (SSSR count). The minimum atomic E-state index is -3.07. The average Bonchev–Trinajstić information content (AvgIpc) is 2.76. The number of sulfonamides is 1. The van der Waals surface area contributed by atoms with Crippen LogP contribution in [0.4, 0.5) is 0 Å². The Labute approximate surface area is 135 Å². The summed E-state index contributed by atoms with van der Waals surface area (Å²) < 4.78 is 26.8. The number of piperidine rings is 1. The number of aromatic nitrogens is 3. The standard InChI is InChI=1S/C14H19ClN4O2S/c1-10-7-18(14-12(10)13(15)16-9-17-14)8-11-3-5-19(6-4-11)22(2,20)21/h7,9,11H,3-6,8H2,1-2H3. The van der Waals surface area contributed by atoms with Crippen molar-refractivity contribution >= 4 is 32.7 Å². The highest BCUT2D eigenvalue weighted by Crippen LogP contribution is 2.27. The zero-order chi connectivity index (χ0) is 15.9. The largest absolute Gasteiger partial charge is 0.332 e. The summed E-state index contributed by atoms with van der Waals surface area (Å²) in [4.78, 5) is 8.38. The normalized spacial score (nSPS) is 18.1. The zero-order valence-electron chi connectivity index (χ0n) is 12.7. The zero-order valence-corrected chi connectivity index (χ0v) is 14.2. The van der Waals surface area contributed by atoms with E-state index in [9.17, 15) is 8.42 Å². The van der Waals surface area contributed by atoms with Gasteiger partial charge in [-0.05, 0) is 31.2 Å². The summed E-state index contributed by atoms with van der Waals surface area (Å²) in [5, 5.41) is 1.38. The highest BCUT2D eigenvalue weighted by molar-refractivity contribution is 7.88. The number of halogens is 1. The second kappa shape index (κ2) is 5.79. The highest BCUT2D eigenvalue weighted by atomic mass is 35.5. The molecule has 8 heteroatoms. The van der Waals surface area contributed by atoms with Crippen LogP contribution in [0, 0.1) is 12.8 Å². The number of hydrogen-bond acceptors (Lipinski definition) is 4. The third-order valence-electron chi connectivity index (χ3n) is 4.29. The summed E-state index contributed by atoms with van der Waals surface area (Å²) in [7, 11) is -3.07. The van der Waals surface area contributed by atoms with Gasteiger partial charge >= 0.3 is 0 Å². The fourth-order valence-corrected chi connectivity index (χ4v) is 4.26. The molecular formula is C14H19ClN4O2S. The molecule has 1 saturated heterocycles. The van der Waals surface area contributed by atoms with Gasteiger partial charge in [0.15, 0.2) is 0 Å². The van der Waals surface area contributed by atoms with E-state index in [2.05, 4.69) is 14.5 Å². The van der Waals surface area contributed by atoms with Crippen molar-refractivity contribution in [2.45, 2.75) is 26.3 Å². The SMILES string of the molecule is Cc1cn(CC2CCN(S(C)(=O)=O)CC2)c2ncnc(Cl)c12. The lowest BCUT2D eigenvalue weighted by molar-refractivity contribution is 0.255. The molecule has 0 N–H and O–H groups in total. The van der Waals surface area contributed by atoms with Crippen molar-refractivity contribution < 1.29 is 8.42 Å². The van der Waals surface area contributed by atoms with Crippen LogP contribution in [0.3, 0.4) is 0 Å². The Morgan fingerprint density at radius 1 is 1.32 bits per heavy atom. The molecule has 3 heterocycles. The van der Waals surface area contributed by atoms with Crippen molar-refractivity contribution in [1.82, 2.24) is 18.8 Å². The Morgan fingerprint density at radius 2 is 2.00 bits per heavy atom. The highest BCUT2D eigenvalue weighted by Gasteiger charge is 2.25. The van der Waals surface area contributed by atoms with E-state index < -0.39 is 10.0 Å². The third kappa shape index (κ3) is 2.98. The second-order valence-electron chi connectivity index (χ2n) is 5.93. The van der Waals surface area contributed by atoms with Gasteiger partial charge in [-0.2, -0.15) is 0 Å². The lowest BCUT2D eigenvalue weighted by Gasteiger charge is -2.30. The lowest BCUT2D eigenvalue weighted by atomic mass is 9.98.